The van der Waals surface area contributed by atoms with Gasteiger partial charge in [0, 0.05) is 13.5 Å². The van der Waals surface area contributed by atoms with Crippen LogP contribution in [0.25, 0.3) is 0 Å². The minimum Gasteiger partial charge on any atom is -0.338 e. The third-order valence-corrected chi connectivity index (χ3v) is 5.04. The van der Waals surface area contributed by atoms with E-state index in [2.05, 4.69) is 0 Å². The number of hydrogen-bond acceptors (Lipinski definition) is 5. The Hall–Kier alpha value is -3.55. The minimum atomic E-state index is -0.938. The molecule has 0 aromatic heterocycles. The largest absolute Gasteiger partial charge is 0.339 e. The number of nitrogens with zero attached hydrogens (tertiary/aromatic N) is 2. The molecule has 0 spiro atoms. The lowest BCUT2D eigenvalue weighted by Crippen LogP contribution is -2.36. The van der Waals surface area contributed by atoms with Crippen molar-refractivity contribution in [3.05, 3.63) is 71.0 Å². The van der Waals surface area contributed by atoms with Crippen LogP contribution < -0.4 is 0 Å². The molecule has 2 heterocycles. The van der Waals surface area contributed by atoms with E-state index in [0.29, 0.717) is 10.6 Å². The Balaban J connectivity index is 1.59. The molecule has 28 heavy (non-hydrogen) atoms. The zero-order valence-electron chi connectivity index (χ0n) is 14.8. The molecule has 2 unspecified atom stereocenters. The van der Waals surface area contributed by atoms with Gasteiger partial charge in [-0.2, -0.15) is 0 Å². The fourth-order valence-electron chi connectivity index (χ4n) is 3.60. The first kappa shape index (κ1) is 17.8. The summed E-state index contributed by atoms with van der Waals surface area (Å²) in [6.45, 7) is 0. The molecule has 8 heteroatoms. The van der Waals surface area contributed by atoms with Crippen molar-refractivity contribution in [2.75, 3.05) is 7.05 Å². The van der Waals surface area contributed by atoms with E-state index in [9.17, 15) is 23.6 Å². The molecule has 2 atom stereocenters. The second kappa shape index (κ2) is 6.56. The Bertz CT molecular complexity index is 969. The second-order valence-electron chi connectivity index (χ2n) is 6.67. The lowest BCUT2D eigenvalue weighted by atomic mass is 9.94. The van der Waals surface area contributed by atoms with Crippen molar-refractivity contribution in [2.45, 2.75) is 12.5 Å². The normalized spacial score (nSPS) is 21.3. The first-order valence-electron chi connectivity index (χ1n) is 8.59. The van der Waals surface area contributed by atoms with E-state index in [1.54, 1.807) is 12.1 Å². The minimum absolute atomic E-state index is 0.138. The summed E-state index contributed by atoms with van der Waals surface area (Å²) in [5.41, 5.74) is 0.851. The van der Waals surface area contributed by atoms with E-state index >= 15 is 0 Å². The van der Waals surface area contributed by atoms with E-state index in [1.807, 2.05) is 0 Å². The Morgan fingerprint density at radius 3 is 2.14 bits per heavy atom. The maximum Gasteiger partial charge on any atom is 0.339 e. The van der Waals surface area contributed by atoms with Crippen molar-refractivity contribution in [1.82, 2.24) is 9.96 Å². The number of amides is 3. The van der Waals surface area contributed by atoms with Crippen molar-refractivity contribution < 1.29 is 28.4 Å². The summed E-state index contributed by atoms with van der Waals surface area (Å²) in [5, 5.41) is 0.428. The molecule has 0 radical (unpaired) electrons. The molecule has 2 aromatic rings. The molecule has 2 aliphatic heterocycles. The molecular weight excluding hydrogens is 367 g/mol. The van der Waals surface area contributed by atoms with Crippen LogP contribution in [0.1, 0.15) is 38.7 Å². The highest BCUT2D eigenvalue weighted by atomic mass is 19.1. The predicted octanol–water partition coefficient (Wildman–Crippen LogP) is 2.10. The standard InChI is InChI=1S/C20H15FN2O5/c1-22-16(24)10-15(17(22)11-6-8-12(21)9-7-11)20(27)28-23-18(25)13-4-2-3-5-14(13)19(23)26/h2-9,15,17H,10H2,1H3. The van der Waals surface area contributed by atoms with Crippen LogP contribution in [0, 0.1) is 11.7 Å². The number of carbonyl (C=O) groups excluding carboxylic acids is 4. The highest BCUT2D eigenvalue weighted by molar-refractivity contribution is 6.20. The van der Waals surface area contributed by atoms with Gasteiger partial charge in [-0.3, -0.25) is 14.4 Å². The molecule has 0 N–H and O–H groups in total. The highest BCUT2D eigenvalue weighted by Crippen LogP contribution is 2.38. The van der Waals surface area contributed by atoms with Crippen molar-refractivity contribution in [3.63, 3.8) is 0 Å². The van der Waals surface area contributed by atoms with Crippen LogP contribution in [0.5, 0.6) is 0 Å². The monoisotopic (exact) mass is 382 g/mol. The van der Waals surface area contributed by atoms with E-state index in [-0.39, 0.29) is 23.5 Å². The van der Waals surface area contributed by atoms with Crippen LogP contribution in [0.2, 0.25) is 0 Å². The second-order valence-corrected chi connectivity index (χ2v) is 6.67. The van der Waals surface area contributed by atoms with Gasteiger partial charge in [0.2, 0.25) is 5.91 Å². The first-order valence-corrected chi connectivity index (χ1v) is 8.59. The maximum absolute atomic E-state index is 13.2. The number of likely N-dealkylation sites (tertiary alicyclic amines) is 1. The number of imide groups is 1. The summed E-state index contributed by atoms with van der Waals surface area (Å²) in [7, 11) is 1.53. The zero-order chi connectivity index (χ0) is 20.0. The Kier molecular flexibility index (Phi) is 4.18. The van der Waals surface area contributed by atoms with Crippen LogP contribution in [0.15, 0.2) is 48.5 Å². The van der Waals surface area contributed by atoms with E-state index in [0.717, 1.165) is 0 Å². The molecule has 2 aromatic carbocycles. The topological polar surface area (TPSA) is 84.0 Å². The summed E-state index contributed by atoms with van der Waals surface area (Å²) in [4.78, 5) is 56.2. The third kappa shape index (κ3) is 2.74. The summed E-state index contributed by atoms with van der Waals surface area (Å²) in [6.07, 6.45) is -0.138. The number of halogens is 1. The van der Waals surface area contributed by atoms with Gasteiger partial charge in [0.1, 0.15) is 5.82 Å². The average Bonchev–Trinajstić information content (AvgIpc) is 3.12. The zero-order valence-corrected chi connectivity index (χ0v) is 14.8. The van der Waals surface area contributed by atoms with Crippen LogP contribution in [-0.4, -0.2) is 40.7 Å². The van der Waals surface area contributed by atoms with Crippen molar-refractivity contribution in [2.24, 2.45) is 5.92 Å². The quantitative estimate of drug-likeness (QED) is 0.759. The first-order chi connectivity index (χ1) is 13.4. The number of rotatable bonds is 3. The number of benzene rings is 2. The molecule has 2 aliphatic rings. The fourth-order valence-corrected chi connectivity index (χ4v) is 3.60. The van der Waals surface area contributed by atoms with Gasteiger partial charge in [0.05, 0.1) is 23.1 Å². The molecule has 1 fully saturated rings. The molecule has 4 rings (SSSR count). The van der Waals surface area contributed by atoms with Crippen LogP contribution in [-0.2, 0) is 14.4 Å². The highest BCUT2D eigenvalue weighted by Gasteiger charge is 2.46. The fraction of sp³-hybridized carbons (Fsp3) is 0.200. The third-order valence-electron chi connectivity index (χ3n) is 5.04. The van der Waals surface area contributed by atoms with Gasteiger partial charge in [-0.05, 0) is 29.8 Å². The van der Waals surface area contributed by atoms with E-state index in [4.69, 9.17) is 4.84 Å². The summed E-state index contributed by atoms with van der Waals surface area (Å²) >= 11 is 0. The summed E-state index contributed by atoms with van der Waals surface area (Å²) in [5.74, 6) is -4.01. The van der Waals surface area contributed by atoms with Gasteiger partial charge < -0.3 is 9.74 Å². The molecule has 7 nitrogen and oxygen atoms in total. The molecule has 3 amide bonds. The summed E-state index contributed by atoms with van der Waals surface area (Å²) in [6, 6.07) is 10.9. The lowest BCUT2D eigenvalue weighted by Gasteiger charge is -2.25. The van der Waals surface area contributed by atoms with Gasteiger partial charge in [0.15, 0.2) is 0 Å². The molecule has 0 saturated carbocycles. The number of hydroxylamine groups is 2. The Morgan fingerprint density at radius 1 is 1.00 bits per heavy atom. The molecular formula is C20H15FN2O5. The molecule has 1 saturated heterocycles. The van der Waals surface area contributed by atoms with Crippen molar-refractivity contribution in [3.8, 4) is 0 Å². The van der Waals surface area contributed by atoms with E-state index in [1.165, 1.54) is 48.3 Å². The molecule has 0 bridgehead atoms. The van der Waals surface area contributed by atoms with E-state index < -0.39 is 35.6 Å². The molecule has 142 valence electrons. The van der Waals surface area contributed by atoms with Gasteiger partial charge in [0.25, 0.3) is 11.8 Å². The number of carbonyl (C=O) groups is 4. The number of hydrogen-bond donors (Lipinski definition) is 0. The Morgan fingerprint density at radius 2 is 1.57 bits per heavy atom. The van der Waals surface area contributed by atoms with Gasteiger partial charge in [-0.15, -0.1) is 0 Å². The van der Waals surface area contributed by atoms with Gasteiger partial charge in [-0.1, -0.05) is 29.3 Å². The number of fused-ring (bicyclic) bond motifs is 1. The smallest absolute Gasteiger partial charge is 0.338 e. The average molecular weight is 382 g/mol. The molecule has 0 aliphatic carbocycles. The summed E-state index contributed by atoms with van der Waals surface area (Å²) < 4.78 is 13.2. The predicted molar refractivity (Wildman–Crippen MR) is 93.1 cm³/mol. The van der Waals surface area contributed by atoms with Crippen LogP contribution in [0.4, 0.5) is 4.39 Å². The van der Waals surface area contributed by atoms with Gasteiger partial charge in [-0.25, -0.2) is 9.18 Å². The maximum atomic E-state index is 13.2. The SMILES string of the molecule is CN1C(=O)CC(C(=O)ON2C(=O)c3ccccc3C2=O)C1c1ccc(F)cc1. The van der Waals surface area contributed by atoms with Gasteiger partial charge >= 0.3 is 5.97 Å². The Labute approximate surface area is 159 Å². The van der Waals surface area contributed by atoms with Crippen molar-refractivity contribution >= 4 is 23.7 Å². The lowest BCUT2D eigenvalue weighted by molar-refractivity contribution is -0.174. The van der Waals surface area contributed by atoms with Crippen LogP contribution >= 0.6 is 0 Å². The van der Waals surface area contributed by atoms with Crippen LogP contribution in [0.3, 0.4) is 0 Å². The van der Waals surface area contributed by atoms with Crippen molar-refractivity contribution in [1.29, 1.82) is 0 Å².